The van der Waals surface area contributed by atoms with Crippen molar-refractivity contribution in [1.29, 1.82) is 0 Å². The van der Waals surface area contributed by atoms with Gasteiger partial charge in [-0.15, -0.1) is 0 Å². The smallest absolute Gasteiger partial charge is 0.431 e. The Labute approximate surface area is 176 Å². The van der Waals surface area contributed by atoms with E-state index in [0.29, 0.717) is 5.56 Å². The summed E-state index contributed by atoms with van der Waals surface area (Å²) in [6.07, 6.45) is -4.96. The summed E-state index contributed by atoms with van der Waals surface area (Å²) in [4.78, 5) is 36.8. The number of nitrogens with zero attached hydrogens (tertiary/aromatic N) is 2. The Bertz CT molecular complexity index is 1270. The Morgan fingerprint density at radius 3 is 2.35 bits per heavy atom. The van der Waals surface area contributed by atoms with E-state index in [1.165, 1.54) is 0 Å². The van der Waals surface area contributed by atoms with E-state index in [0.717, 1.165) is 19.2 Å². The number of benzene rings is 2. The first-order valence-electron chi connectivity index (χ1n) is 8.61. The minimum atomic E-state index is -4.96. The first-order valence-corrected chi connectivity index (χ1v) is 8.99. The van der Waals surface area contributed by atoms with Gasteiger partial charge < -0.3 is 4.74 Å². The highest BCUT2D eigenvalue weighted by molar-refractivity contribution is 6.32. The van der Waals surface area contributed by atoms with Crippen molar-refractivity contribution in [2.45, 2.75) is 6.18 Å². The molecule has 6 nitrogen and oxygen atoms in total. The molecule has 0 amide bonds. The summed E-state index contributed by atoms with van der Waals surface area (Å²) in [6, 6.07) is 9.86. The van der Waals surface area contributed by atoms with Crippen molar-refractivity contribution in [3.63, 3.8) is 0 Å². The fourth-order valence-corrected chi connectivity index (χ4v) is 2.98. The fourth-order valence-electron chi connectivity index (χ4n) is 2.77. The summed E-state index contributed by atoms with van der Waals surface area (Å²) in [7, 11) is 0.796. The monoisotopic (exact) mass is 456 g/mol. The second kappa shape index (κ2) is 8.38. The number of Topliss-reactive ketones (excluding diaryl/α,β-unsaturated/α-hetero) is 1. The van der Waals surface area contributed by atoms with E-state index >= 15 is 0 Å². The molecule has 162 valence electrons. The molecule has 0 aliphatic heterocycles. The van der Waals surface area contributed by atoms with Gasteiger partial charge in [0.05, 0.1) is 10.7 Å². The maximum atomic E-state index is 14.5. The molecule has 3 aromatic rings. The molecule has 3 rings (SSSR count). The van der Waals surface area contributed by atoms with Crippen molar-refractivity contribution in [2.24, 2.45) is 7.05 Å². The van der Waals surface area contributed by atoms with Crippen molar-refractivity contribution < 1.29 is 27.1 Å². The first-order chi connectivity index (χ1) is 14.5. The molecule has 0 atom stereocenters. The van der Waals surface area contributed by atoms with Crippen molar-refractivity contribution in [3.8, 4) is 11.4 Å². The Balaban J connectivity index is 2.02. The number of carbonyl (C=O) groups is 1. The number of ketones is 1. The summed E-state index contributed by atoms with van der Waals surface area (Å²) < 4.78 is 59.2. The third kappa shape index (κ3) is 4.53. The van der Waals surface area contributed by atoms with Crippen LogP contribution in [0.1, 0.15) is 16.1 Å². The van der Waals surface area contributed by atoms with Crippen LogP contribution in [0.2, 0.25) is 5.02 Å². The van der Waals surface area contributed by atoms with Crippen molar-refractivity contribution >= 4 is 17.4 Å². The first kappa shape index (κ1) is 22.3. The molecule has 0 bridgehead atoms. The van der Waals surface area contributed by atoms with Gasteiger partial charge in [0, 0.05) is 24.7 Å². The van der Waals surface area contributed by atoms with Gasteiger partial charge in [0.1, 0.15) is 17.3 Å². The zero-order chi connectivity index (χ0) is 22.9. The lowest BCUT2D eigenvalue weighted by atomic mass is 10.1. The molecule has 0 aliphatic carbocycles. The van der Waals surface area contributed by atoms with Crippen LogP contribution in [0.3, 0.4) is 0 Å². The molecule has 0 saturated heterocycles. The molecule has 0 radical (unpaired) electrons. The number of hydrogen-bond acceptors (Lipinski definition) is 4. The van der Waals surface area contributed by atoms with Crippen LogP contribution in [0, 0.1) is 5.82 Å². The highest BCUT2D eigenvalue weighted by atomic mass is 35.5. The average molecular weight is 457 g/mol. The summed E-state index contributed by atoms with van der Waals surface area (Å²) in [5, 5.41) is -0.265. The van der Waals surface area contributed by atoms with E-state index < -0.39 is 47.0 Å². The predicted octanol–water partition coefficient (Wildman–Crippen LogP) is 3.61. The Hall–Kier alpha value is -3.40. The highest BCUT2D eigenvalue weighted by Gasteiger charge is 2.35. The lowest BCUT2D eigenvalue weighted by Crippen LogP contribution is -2.41. The van der Waals surface area contributed by atoms with Crippen LogP contribution in [0.4, 0.5) is 17.6 Å². The number of aromatic nitrogens is 2. The van der Waals surface area contributed by atoms with Gasteiger partial charge in [0.25, 0.3) is 5.56 Å². The molecule has 11 heteroatoms. The molecule has 1 heterocycles. The minimum absolute atomic E-state index is 0.176. The maximum absolute atomic E-state index is 14.5. The van der Waals surface area contributed by atoms with E-state index in [9.17, 15) is 31.9 Å². The molecule has 0 fully saturated rings. The molecular weight excluding hydrogens is 444 g/mol. The molecule has 0 unspecified atom stereocenters. The zero-order valence-corrected chi connectivity index (χ0v) is 16.5. The number of ether oxygens (including phenoxy) is 1. The van der Waals surface area contributed by atoms with Crippen LogP contribution in [-0.2, 0) is 13.2 Å². The molecule has 0 N–H and O–H groups in total. The molecule has 0 spiro atoms. The van der Waals surface area contributed by atoms with E-state index in [1.807, 2.05) is 0 Å². The largest absolute Gasteiger partial charge is 0.484 e. The lowest BCUT2D eigenvalue weighted by Gasteiger charge is -2.15. The third-order valence-corrected chi connectivity index (χ3v) is 4.60. The van der Waals surface area contributed by atoms with Gasteiger partial charge in [0.2, 0.25) is 0 Å². The van der Waals surface area contributed by atoms with Gasteiger partial charge in [0.15, 0.2) is 12.4 Å². The molecule has 0 saturated carbocycles. The van der Waals surface area contributed by atoms with Gasteiger partial charge in [-0.3, -0.25) is 14.2 Å². The van der Waals surface area contributed by atoms with Crippen LogP contribution in [0.25, 0.3) is 5.69 Å². The molecule has 2 aromatic carbocycles. The molecule has 1 aromatic heterocycles. The average Bonchev–Trinajstić information content (AvgIpc) is 2.71. The van der Waals surface area contributed by atoms with E-state index in [4.69, 9.17) is 16.3 Å². The van der Waals surface area contributed by atoms with Gasteiger partial charge >= 0.3 is 11.9 Å². The van der Waals surface area contributed by atoms with Gasteiger partial charge in [-0.05, 0) is 6.07 Å². The number of hydrogen-bond donors (Lipinski definition) is 0. The second-order valence-corrected chi connectivity index (χ2v) is 6.76. The Morgan fingerprint density at radius 1 is 1.10 bits per heavy atom. The number of rotatable bonds is 5. The van der Waals surface area contributed by atoms with Crippen molar-refractivity contribution in [3.05, 3.63) is 91.5 Å². The second-order valence-electron chi connectivity index (χ2n) is 6.35. The Kier molecular flexibility index (Phi) is 6.03. The summed E-state index contributed by atoms with van der Waals surface area (Å²) in [6.45, 7) is -0.491. The van der Waals surface area contributed by atoms with Gasteiger partial charge in [-0.1, -0.05) is 41.9 Å². The Morgan fingerprint density at radius 2 is 1.74 bits per heavy atom. The van der Waals surface area contributed by atoms with E-state index in [2.05, 4.69) is 0 Å². The third-order valence-electron chi connectivity index (χ3n) is 4.31. The standard InChI is InChI=1S/C20H13ClF4N2O4/c1-26-17(20(23,24)25)9-18(29)27(19(26)30)14-8-16(12(21)7-13(14)22)31-10-15(28)11-5-3-2-4-6-11/h2-9H,10H2,1H3. The normalized spacial score (nSPS) is 11.4. The summed E-state index contributed by atoms with van der Waals surface area (Å²) >= 11 is 5.92. The molecule has 0 aliphatic rings. The predicted molar refractivity (Wildman–Crippen MR) is 104 cm³/mol. The van der Waals surface area contributed by atoms with Crippen molar-refractivity contribution in [1.82, 2.24) is 9.13 Å². The topological polar surface area (TPSA) is 70.3 Å². The van der Waals surface area contributed by atoms with Crippen molar-refractivity contribution in [2.75, 3.05) is 6.61 Å². The zero-order valence-electron chi connectivity index (χ0n) is 15.7. The SMILES string of the molecule is Cn1c(C(F)(F)F)cc(=O)n(-c2cc(OCC(=O)c3ccccc3)c(Cl)cc2F)c1=O. The maximum Gasteiger partial charge on any atom is 0.431 e. The van der Waals surface area contributed by atoms with Crippen LogP contribution in [0.15, 0.2) is 58.1 Å². The molecule has 31 heavy (non-hydrogen) atoms. The number of halogens is 5. The van der Waals surface area contributed by atoms with Crippen LogP contribution in [0.5, 0.6) is 5.75 Å². The fraction of sp³-hybridized carbons (Fsp3) is 0.150. The minimum Gasteiger partial charge on any atom is -0.484 e. The van der Waals surface area contributed by atoms with Crippen LogP contribution >= 0.6 is 11.6 Å². The quantitative estimate of drug-likeness (QED) is 0.434. The van der Waals surface area contributed by atoms with Crippen LogP contribution < -0.4 is 16.0 Å². The van der Waals surface area contributed by atoms with E-state index in [1.54, 1.807) is 30.3 Å². The highest BCUT2D eigenvalue weighted by Crippen LogP contribution is 2.30. The van der Waals surface area contributed by atoms with E-state index in [-0.39, 0.29) is 26.0 Å². The summed E-state index contributed by atoms with van der Waals surface area (Å²) in [5.74, 6) is -1.81. The summed E-state index contributed by atoms with van der Waals surface area (Å²) in [5.41, 5.74) is -4.65. The number of alkyl halides is 3. The number of carbonyl (C=O) groups excluding carboxylic acids is 1. The van der Waals surface area contributed by atoms with Crippen LogP contribution in [-0.4, -0.2) is 21.5 Å². The lowest BCUT2D eigenvalue weighted by molar-refractivity contribution is -0.144. The van der Waals surface area contributed by atoms with Gasteiger partial charge in [-0.2, -0.15) is 13.2 Å². The van der Waals surface area contributed by atoms with Gasteiger partial charge in [-0.25, -0.2) is 13.8 Å². The molecular formula is C20H13ClF4N2O4.